The summed E-state index contributed by atoms with van der Waals surface area (Å²) in [6.07, 6.45) is 0.328. The Kier molecular flexibility index (Phi) is 5.11. The number of rotatable bonds is 6. The van der Waals surface area contributed by atoms with Crippen molar-refractivity contribution in [3.63, 3.8) is 0 Å². The van der Waals surface area contributed by atoms with Crippen LogP contribution in [-0.2, 0) is 14.4 Å². The van der Waals surface area contributed by atoms with Crippen LogP contribution in [0.15, 0.2) is 24.3 Å². The fourth-order valence-corrected chi connectivity index (χ4v) is 2.56. The fourth-order valence-electron chi connectivity index (χ4n) is 2.56. The number of carbonyl (C=O) groups is 3. The van der Waals surface area contributed by atoms with Crippen molar-refractivity contribution in [2.75, 3.05) is 18.6 Å². The number of hydrogen-bond donors (Lipinski definition) is 2. The lowest BCUT2D eigenvalue weighted by molar-refractivity contribution is -0.147. The Morgan fingerprint density at radius 3 is 2.50 bits per heavy atom. The second-order valence-corrected chi connectivity index (χ2v) is 6.08. The molecule has 2 unspecified atom stereocenters. The lowest BCUT2D eigenvalue weighted by Gasteiger charge is -2.26. The standard InChI is InChI=1S/C17H22N2O5/c1-4-17(2,16(22)23)18-15(21)11-9-14(20)19(10-11)12-5-7-13(24-3)8-6-12/h5-8,11H,4,9-10H2,1-3H3,(H,18,21)(H,22,23). The molecule has 7 nitrogen and oxygen atoms in total. The smallest absolute Gasteiger partial charge is 0.329 e. The van der Waals surface area contributed by atoms with E-state index in [9.17, 15) is 19.5 Å². The van der Waals surface area contributed by atoms with Gasteiger partial charge >= 0.3 is 5.97 Å². The molecule has 0 bridgehead atoms. The zero-order chi connectivity index (χ0) is 17.9. The molecule has 24 heavy (non-hydrogen) atoms. The number of benzene rings is 1. The first-order chi connectivity index (χ1) is 11.3. The first-order valence-electron chi connectivity index (χ1n) is 7.80. The predicted molar refractivity (Wildman–Crippen MR) is 87.9 cm³/mol. The molecule has 0 aliphatic carbocycles. The van der Waals surface area contributed by atoms with E-state index in [0.717, 1.165) is 0 Å². The number of amides is 2. The second kappa shape index (κ2) is 6.90. The molecule has 0 aromatic heterocycles. The van der Waals surface area contributed by atoms with E-state index in [-0.39, 0.29) is 25.3 Å². The van der Waals surface area contributed by atoms with E-state index in [1.54, 1.807) is 38.3 Å². The minimum absolute atomic E-state index is 0.0667. The van der Waals surface area contributed by atoms with Crippen LogP contribution in [0.2, 0.25) is 0 Å². The normalized spacial score (nSPS) is 19.7. The van der Waals surface area contributed by atoms with Gasteiger partial charge in [0.2, 0.25) is 11.8 Å². The van der Waals surface area contributed by atoms with Crippen molar-refractivity contribution in [1.82, 2.24) is 5.32 Å². The van der Waals surface area contributed by atoms with Gasteiger partial charge in [0.25, 0.3) is 0 Å². The van der Waals surface area contributed by atoms with Crippen LogP contribution < -0.4 is 15.0 Å². The summed E-state index contributed by atoms with van der Waals surface area (Å²) in [6.45, 7) is 3.39. The molecule has 2 atom stereocenters. The van der Waals surface area contributed by atoms with Crippen molar-refractivity contribution in [1.29, 1.82) is 0 Å². The molecule has 1 fully saturated rings. The number of carboxylic acid groups (broad SMARTS) is 1. The number of methoxy groups -OCH3 is 1. The SMILES string of the molecule is CCC(C)(NC(=O)C1CC(=O)N(c2ccc(OC)cc2)C1)C(=O)O. The molecule has 0 spiro atoms. The number of anilines is 1. The molecule has 1 heterocycles. The molecule has 2 rings (SSSR count). The van der Waals surface area contributed by atoms with Gasteiger partial charge in [-0.3, -0.25) is 9.59 Å². The highest BCUT2D eigenvalue weighted by Gasteiger charge is 2.39. The van der Waals surface area contributed by atoms with Gasteiger partial charge in [-0.1, -0.05) is 6.92 Å². The van der Waals surface area contributed by atoms with Gasteiger partial charge in [0.15, 0.2) is 0 Å². The van der Waals surface area contributed by atoms with Crippen LogP contribution in [0.25, 0.3) is 0 Å². The van der Waals surface area contributed by atoms with Crippen molar-refractivity contribution < 1.29 is 24.2 Å². The Balaban J connectivity index is 2.08. The lowest BCUT2D eigenvalue weighted by Crippen LogP contribution is -2.53. The Morgan fingerprint density at radius 1 is 1.38 bits per heavy atom. The topological polar surface area (TPSA) is 95.9 Å². The minimum Gasteiger partial charge on any atom is -0.497 e. The summed E-state index contributed by atoms with van der Waals surface area (Å²) in [4.78, 5) is 37.4. The van der Waals surface area contributed by atoms with Crippen LogP contribution in [0, 0.1) is 5.92 Å². The van der Waals surface area contributed by atoms with Gasteiger partial charge in [-0.15, -0.1) is 0 Å². The van der Waals surface area contributed by atoms with E-state index in [4.69, 9.17) is 4.74 Å². The highest BCUT2D eigenvalue weighted by Crippen LogP contribution is 2.27. The first kappa shape index (κ1) is 17.8. The van der Waals surface area contributed by atoms with Crippen molar-refractivity contribution in [2.24, 2.45) is 5.92 Å². The van der Waals surface area contributed by atoms with Crippen molar-refractivity contribution in [3.8, 4) is 5.75 Å². The van der Waals surface area contributed by atoms with Crippen molar-refractivity contribution in [2.45, 2.75) is 32.2 Å². The van der Waals surface area contributed by atoms with Crippen LogP contribution in [0.3, 0.4) is 0 Å². The minimum atomic E-state index is -1.33. The Labute approximate surface area is 140 Å². The molecule has 1 saturated heterocycles. The highest BCUT2D eigenvalue weighted by atomic mass is 16.5. The molecule has 130 valence electrons. The maximum absolute atomic E-state index is 12.4. The predicted octanol–water partition coefficient (Wildman–Crippen LogP) is 1.42. The molecule has 0 saturated carbocycles. The Hall–Kier alpha value is -2.57. The lowest BCUT2D eigenvalue weighted by atomic mass is 9.97. The zero-order valence-corrected chi connectivity index (χ0v) is 14.0. The van der Waals surface area contributed by atoms with E-state index in [1.165, 1.54) is 11.8 Å². The molecule has 1 aromatic carbocycles. The molecular weight excluding hydrogens is 312 g/mol. The van der Waals surface area contributed by atoms with E-state index >= 15 is 0 Å². The first-order valence-corrected chi connectivity index (χ1v) is 7.80. The van der Waals surface area contributed by atoms with Crippen LogP contribution in [0.4, 0.5) is 5.69 Å². The summed E-state index contributed by atoms with van der Waals surface area (Å²) >= 11 is 0. The van der Waals surface area contributed by atoms with Gasteiger partial charge < -0.3 is 20.1 Å². The molecule has 1 aliphatic heterocycles. The summed E-state index contributed by atoms with van der Waals surface area (Å²) in [7, 11) is 1.56. The number of hydrogen-bond acceptors (Lipinski definition) is 4. The summed E-state index contributed by atoms with van der Waals surface area (Å²) in [5.74, 6) is -1.54. The number of carboxylic acids is 1. The number of nitrogens with one attached hydrogen (secondary N) is 1. The summed E-state index contributed by atoms with van der Waals surface area (Å²) in [5.41, 5.74) is -0.638. The number of aliphatic carboxylic acids is 1. The Bertz CT molecular complexity index is 643. The maximum Gasteiger partial charge on any atom is 0.329 e. The quantitative estimate of drug-likeness (QED) is 0.820. The summed E-state index contributed by atoms with van der Waals surface area (Å²) in [6, 6.07) is 7.00. The van der Waals surface area contributed by atoms with Gasteiger partial charge in [0, 0.05) is 18.7 Å². The zero-order valence-electron chi connectivity index (χ0n) is 14.0. The third kappa shape index (κ3) is 3.50. The second-order valence-electron chi connectivity index (χ2n) is 6.08. The monoisotopic (exact) mass is 334 g/mol. The fraction of sp³-hybridized carbons (Fsp3) is 0.471. The maximum atomic E-state index is 12.4. The molecular formula is C17H22N2O5. The van der Waals surface area contributed by atoms with E-state index in [1.807, 2.05) is 0 Å². The number of nitrogens with zero attached hydrogens (tertiary/aromatic N) is 1. The van der Waals surface area contributed by atoms with E-state index in [2.05, 4.69) is 5.32 Å². The van der Waals surface area contributed by atoms with Gasteiger partial charge in [0.05, 0.1) is 13.0 Å². The molecule has 2 N–H and O–H groups in total. The van der Waals surface area contributed by atoms with Crippen LogP contribution in [-0.4, -0.2) is 42.1 Å². The highest BCUT2D eigenvalue weighted by molar-refractivity contribution is 6.01. The van der Waals surface area contributed by atoms with Gasteiger partial charge in [-0.2, -0.15) is 0 Å². The largest absolute Gasteiger partial charge is 0.497 e. The number of ether oxygens (including phenoxy) is 1. The average Bonchev–Trinajstić information content (AvgIpc) is 2.96. The van der Waals surface area contributed by atoms with E-state index in [0.29, 0.717) is 11.4 Å². The van der Waals surface area contributed by atoms with Crippen molar-refractivity contribution >= 4 is 23.5 Å². The average molecular weight is 334 g/mol. The molecule has 0 radical (unpaired) electrons. The van der Waals surface area contributed by atoms with Gasteiger partial charge in [-0.05, 0) is 37.6 Å². The van der Waals surface area contributed by atoms with E-state index < -0.39 is 23.3 Å². The molecule has 7 heteroatoms. The third-order valence-electron chi connectivity index (χ3n) is 4.46. The Morgan fingerprint density at radius 2 is 2.00 bits per heavy atom. The molecule has 1 aliphatic rings. The molecule has 1 aromatic rings. The van der Waals surface area contributed by atoms with Gasteiger partial charge in [0.1, 0.15) is 11.3 Å². The summed E-state index contributed by atoms with van der Waals surface area (Å²) < 4.78 is 5.08. The van der Waals surface area contributed by atoms with Crippen LogP contribution in [0.5, 0.6) is 5.75 Å². The summed E-state index contributed by atoms with van der Waals surface area (Å²) in [5, 5.41) is 11.8. The van der Waals surface area contributed by atoms with Gasteiger partial charge in [-0.25, -0.2) is 4.79 Å². The van der Waals surface area contributed by atoms with Crippen LogP contribution in [0.1, 0.15) is 26.7 Å². The number of carbonyl (C=O) groups excluding carboxylic acids is 2. The van der Waals surface area contributed by atoms with Crippen LogP contribution >= 0.6 is 0 Å². The third-order valence-corrected chi connectivity index (χ3v) is 4.46. The molecule has 2 amide bonds. The van der Waals surface area contributed by atoms with Crippen molar-refractivity contribution in [3.05, 3.63) is 24.3 Å².